The van der Waals surface area contributed by atoms with Crippen molar-refractivity contribution in [1.82, 2.24) is 15.1 Å². The Bertz CT molecular complexity index is 1750. The monoisotopic (exact) mass is 595 g/mol. The minimum absolute atomic E-state index is 0.0262. The third-order valence-electron chi connectivity index (χ3n) is 7.61. The fourth-order valence-electron chi connectivity index (χ4n) is 5.45. The summed E-state index contributed by atoms with van der Waals surface area (Å²) in [7, 11) is 3.20. The molecule has 4 aromatic carbocycles. The number of hydrogen-bond acceptors (Lipinski definition) is 6. The van der Waals surface area contributed by atoms with Gasteiger partial charge in [-0.2, -0.15) is 5.10 Å². The van der Waals surface area contributed by atoms with E-state index in [1.165, 1.54) is 6.07 Å². The van der Waals surface area contributed by atoms with E-state index in [1.54, 1.807) is 26.4 Å². The minimum atomic E-state index is -0.460. The topological polar surface area (TPSA) is 96.9 Å². The van der Waals surface area contributed by atoms with Gasteiger partial charge < -0.3 is 24.2 Å². The van der Waals surface area contributed by atoms with Crippen molar-refractivity contribution < 1.29 is 24.1 Å². The number of benzene rings is 4. The smallest absolute Gasteiger partial charge is 0.273 e. The number of carbonyl (C=O) groups excluding carboxylic acids is 1. The van der Waals surface area contributed by atoms with E-state index in [9.17, 15) is 9.90 Å². The second-order valence-electron chi connectivity index (χ2n) is 10.2. The Morgan fingerprint density at radius 1 is 0.907 bits per heavy atom. The first-order valence-corrected chi connectivity index (χ1v) is 14.2. The number of nitrogens with zero attached hydrogens (tertiary/aromatic N) is 2. The van der Waals surface area contributed by atoms with Crippen LogP contribution in [0.5, 0.6) is 23.0 Å². The lowest BCUT2D eigenvalue weighted by Crippen LogP contribution is -2.31. The Kier molecular flexibility index (Phi) is 7.94. The second-order valence-corrected chi connectivity index (χ2v) is 10.6. The van der Waals surface area contributed by atoms with E-state index in [2.05, 4.69) is 10.2 Å². The number of aromatic amines is 1. The molecule has 6 rings (SSSR count). The summed E-state index contributed by atoms with van der Waals surface area (Å²) in [4.78, 5) is 15.7. The number of aromatic hydroxyl groups is 1. The molecule has 0 fully saturated rings. The first kappa shape index (κ1) is 28.2. The number of fused-ring (bicyclic) bond motifs is 1. The largest absolute Gasteiger partial charge is 0.507 e. The molecular weight excluding hydrogens is 566 g/mol. The molecule has 8 nitrogen and oxygen atoms in total. The number of rotatable bonds is 10. The van der Waals surface area contributed by atoms with E-state index in [-0.39, 0.29) is 11.7 Å². The molecule has 1 aromatic heterocycles. The Morgan fingerprint density at radius 3 is 2.42 bits per heavy atom. The molecule has 0 saturated carbocycles. The van der Waals surface area contributed by atoms with Crippen molar-refractivity contribution in [1.29, 1.82) is 0 Å². The third-order valence-corrected chi connectivity index (χ3v) is 7.85. The average molecular weight is 596 g/mol. The molecule has 0 aliphatic carbocycles. The summed E-state index contributed by atoms with van der Waals surface area (Å²) < 4.78 is 16.9. The van der Waals surface area contributed by atoms with E-state index in [1.807, 2.05) is 77.7 Å². The number of methoxy groups -OCH3 is 2. The van der Waals surface area contributed by atoms with Crippen LogP contribution in [0.25, 0.3) is 11.3 Å². The molecule has 9 heteroatoms. The molecule has 0 saturated heterocycles. The highest BCUT2D eigenvalue weighted by atomic mass is 35.5. The molecule has 1 atom stereocenters. The molecule has 43 heavy (non-hydrogen) atoms. The number of carbonyl (C=O) groups is 1. The predicted octanol–water partition coefficient (Wildman–Crippen LogP) is 6.82. The van der Waals surface area contributed by atoms with Crippen molar-refractivity contribution in [2.75, 3.05) is 20.8 Å². The lowest BCUT2D eigenvalue weighted by Gasteiger charge is -2.27. The van der Waals surface area contributed by atoms with Crippen molar-refractivity contribution in [2.45, 2.75) is 19.1 Å². The van der Waals surface area contributed by atoms with Crippen LogP contribution in [-0.4, -0.2) is 46.9 Å². The molecular formula is C34H30ClN3O5. The van der Waals surface area contributed by atoms with E-state index in [0.717, 1.165) is 16.7 Å². The molecule has 1 unspecified atom stereocenters. The van der Waals surface area contributed by atoms with Crippen LogP contribution in [0.2, 0.25) is 5.02 Å². The number of aromatic nitrogens is 2. The highest BCUT2D eigenvalue weighted by Gasteiger charge is 2.42. The number of amides is 1. The Morgan fingerprint density at radius 2 is 1.67 bits per heavy atom. The summed E-state index contributed by atoms with van der Waals surface area (Å²) in [6.07, 6.45) is 0.580. The number of nitrogens with one attached hydrogen (secondary N) is 1. The van der Waals surface area contributed by atoms with Gasteiger partial charge in [-0.05, 0) is 65.6 Å². The molecule has 5 aromatic rings. The summed E-state index contributed by atoms with van der Waals surface area (Å²) in [6.45, 7) is 0.873. The number of halogens is 1. The van der Waals surface area contributed by atoms with Crippen molar-refractivity contribution in [3.63, 3.8) is 0 Å². The number of ether oxygens (including phenoxy) is 3. The van der Waals surface area contributed by atoms with Crippen LogP contribution in [0.15, 0.2) is 91.0 Å². The second kappa shape index (κ2) is 12.1. The van der Waals surface area contributed by atoms with Gasteiger partial charge in [0.2, 0.25) is 0 Å². The van der Waals surface area contributed by atoms with Gasteiger partial charge in [-0.1, -0.05) is 60.1 Å². The van der Waals surface area contributed by atoms with Crippen LogP contribution in [0, 0.1) is 0 Å². The van der Waals surface area contributed by atoms with Gasteiger partial charge in [-0.15, -0.1) is 0 Å². The Hall–Kier alpha value is -4.95. The standard InChI is InChI=1S/C34H30ClN3O5/c1-41-28-15-8-21(18-29(28)42-2)16-17-38-33(23-9-12-25(13-10-23)43-20-22-6-4-3-5-7-22)30-31(36-37-32(30)34(38)40)26-19-24(35)11-14-27(26)39/h3-15,18-19,33,39H,16-17,20H2,1-2H3,(H,36,37). The normalized spacial score (nSPS) is 14.1. The molecule has 0 spiro atoms. The van der Waals surface area contributed by atoms with E-state index < -0.39 is 6.04 Å². The zero-order valence-corrected chi connectivity index (χ0v) is 24.5. The molecule has 1 amide bonds. The van der Waals surface area contributed by atoms with Crippen LogP contribution in [0.4, 0.5) is 0 Å². The Balaban J connectivity index is 1.34. The molecule has 218 valence electrons. The summed E-state index contributed by atoms with van der Waals surface area (Å²) in [5.74, 6) is 1.84. The zero-order valence-electron chi connectivity index (χ0n) is 23.7. The molecule has 0 bridgehead atoms. The fraction of sp³-hybridized carbons (Fsp3) is 0.176. The van der Waals surface area contributed by atoms with Gasteiger partial charge in [0.15, 0.2) is 11.5 Å². The summed E-state index contributed by atoms with van der Waals surface area (Å²) in [6, 6.07) is 27.8. The quantitative estimate of drug-likeness (QED) is 0.184. The van der Waals surface area contributed by atoms with Gasteiger partial charge in [0, 0.05) is 22.7 Å². The van der Waals surface area contributed by atoms with E-state index in [0.29, 0.717) is 64.4 Å². The molecule has 0 radical (unpaired) electrons. The van der Waals surface area contributed by atoms with E-state index in [4.69, 9.17) is 25.8 Å². The number of phenols is 1. The maximum absolute atomic E-state index is 13.8. The summed E-state index contributed by atoms with van der Waals surface area (Å²) in [5.41, 5.74) is 4.96. The average Bonchev–Trinajstić information content (AvgIpc) is 3.59. The van der Waals surface area contributed by atoms with E-state index >= 15 is 0 Å². The third kappa shape index (κ3) is 5.61. The van der Waals surface area contributed by atoms with Crippen molar-refractivity contribution in [2.24, 2.45) is 0 Å². The summed E-state index contributed by atoms with van der Waals surface area (Å²) >= 11 is 6.29. The number of hydrogen-bond donors (Lipinski definition) is 2. The van der Waals surface area contributed by atoms with Gasteiger partial charge in [0.1, 0.15) is 29.5 Å². The van der Waals surface area contributed by atoms with Gasteiger partial charge >= 0.3 is 0 Å². The fourth-order valence-corrected chi connectivity index (χ4v) is 5.62. The number of phenolic OH excluding ortho intramolecular Hbond substituents is 1. The lowest BCUT2D eigenvalue weighted by atomic mass is 9.95. The van der Waals surface area contributed by atoms with Crippen LogP contribution >= 0.6 is 11.6 Å². The number of H-pyrrole nitrogens is 1. The van der Waals surface area contributed by atoms with Crippen molar-refractivity contribution in [3.8, 4) is 34.3 Å². The molecule has 1 aliphatic rings. The first-order chi connectivity index (χ1) is 21.0. The first-order valence-electron chi connectivity index (χ1n) is 13.8. The van der Waals surface area contributed by atoms with Gasteiger partial charge in [-0.3, -0.25) is 9.89 Å². The maximum atomic E-state index is 13.8. The SMILES string of the molecule is COc1ccc(CCN2C(=O)c3[nH]nc(-c4cc(Cl)ccc4O)c3C2c2ccc(OCc3ccccc3)cc2)cc1OC. The van der Waals surface area contributed by atoms with Gasteiger partial charge in [0.25, 0.3) is 5.91 Å². The molecule has 1 aliphatic heterocycles. The Labute approximate surface area is 254 Å². The maximum Gasteiger partial charge on any atom is 0.273 e. The highest BCUT2D eigenvalue weighted by molar-refractivity contribution is 6.31. The van der Waals surface area contributed by atoms with Crippen molar-refractivity contribution in [3.05, 3.63) is 124 Å². The zero-order chi connectivity index (χ0) is 29.9. The van der Waals surface area contributed by atoms with Crippen LogP contribution in [0.1, 0.15) is 38.8 Å². The van der Waals surface area contributed by atoms with Crippen LogP contribution in [-0.2, 0) is 13.0 Å². The van der Waals surface area contributed by atoms with Gasteiger partial charge in [-0.25, -0.2) is 0 Å². The minimum Gasteiger partial charge on any atom is -0.507 e. The highest BCUT2D eigenvalue weighted by Crippen LogP contribution is 2.45. The lowest BCUT2D eigenvalue weighted by molar-refractivity contribution is 0.0746. The van der Waals surface area contributed by atoms with Crippen LogP contribution < -0.4 is 14.2 Å². The molecule has 2 N–H and O–H groups in total. The molecule has 2 heterocycles. The summed E-state index contributed by atoms with van der Waals surface area (Å²) in [5, 5.41) is 18.6. The van der Waals surface area contributed by atoms with Crippen molar-refractivity contribution >= 4 is 17.5 Å². The van der Waals surface area contributed by atoms with Gasteiger partial charge in [0.05, 0.1) is 20.3 Å². The predicted molar refractivity (Wildman–Crippen MR) is 164 cm³/mol. The van der Waals surface area contributed by atoms with Crippen LogP contribution in [0.3, 0.4) is 0 Å².